The molecule has 0 aliphatic rings. The number of hydrogen-bond acceptors (Lipinski definition) is 3. The molecule has 0 radical (unpaired) electrons. The Balaban J connectivity index is 2.03. The maximum atomic E-state index is 10.2. The standard InChI is InChI=1S/C14H18ClN3O/c1-10(2)18-14(16-9-17-18)8-12(19)7-11-5-3-4-6-13(11)15/h3-6,9-10,12,19H,7-8H2,1-2H3. The molecule has 0 amide bonds. The van der Waals surface area contributed by atoms with Gasteiger partial charge in [0, 0.05) is 23.9 Å². The minimum absolute atomic E-state index is 0.241. The Kier molecular flexibility index (Phi) is 4.56. The summed E-state index contributed by atoms with van der Waals surface area (Å²) in [6, 6.07) is 7.81. The van der Waals surface area contributed by atoms with Crippen LogP contribution in [0, 0.1) is 0 Å². The molecule has 2 aromatic rings. The summed E-state index contributed by atoms with van der Waals surface area (Å²) in [5, 5.41) is 15.0. The number of aliphatic hydroxyl groups is 1. The van der Waals surface area contributed by atoms with Gasteiger partial charge in [0.05, 0.1) is 6.10 Å². The second-order valence-electron chi connectivity index (χ2n) is 4.87. The summed E-state index contributed by atoms with van der Waals surface area (Å²) in [6.07, 6.45) is 2.01. The molecule has 19 heavy (non-hydrogen) atoms. The van der Waals surface area contributed by atoms with Gasteiger partial charge in [-0.3, -0.25) is 0 Å². The molecule has 0 fully saturated rings. The zero-order chi connectivity index (χ0) is 13.8. The molecule has 5 heteroatoms. The van der Waals surface area contributed by atoms with E-state index in [0.29, 0.717) is 17.9 Å². The quantitative estimate of drug-likeness (QED) is 0.915. The van der Waals surface area contributed by atoms with Gasteiger partial charge in [-0.2, -0.15) is 5.10 Å². The van der Waals surface area contributed by atoms with Gasteiger partial charge in [-0.05, 0) is 25.5 Å². The number of aliphatic hydroxyl groups excluding tert-OH is 1. The van der Waals surface area contributed by atoms with E-state index < -0.39 is 6.10 Å². The van der Waals surface area contributed by atoms with Gasteiger partial charge in [-0.1, -0.05) is 29.8 Å². The minimum atomic E-state index is -0.512. The highest BCUT2D eigenvalue weighted by atomic mass is 35.5. The summed E-state index contributed by atoms with van der Waals surface area (Å²) in [5.74, 6) is 0.801. The fraction of sp³-hybridized carbons (Fsp3) is 0.429. The van der Waals surface area contributed by atoms with E-state index >= 15 is 0 Å². The third-order valence-electron chi connectivity index (χ3n) is 2.97. The van der Waals surface area contributed by atoms with Gasteiger partial charge >= 0.3 is 0 Å². The Morgan fingerprint density at radius 3 is 2.68 bits per heavy atom. The molecular weight excluding hydrogens is 262 g/mol. The average Bonchev–Trinajstić information content (AvgIpc) is 2.80. The van der Waals surface area contributed by atoms with Crippen molar-refractivity contribution < 1.29 is 5.11 Å². The number of aromatic nitrogens is 3. The van der Waals surface area contributed by atoms with Crippen LogP contribution in [-0.4, -0.2) is 26.0 Å². The number of hydrogen-bond donors (Lipinski definition) is 1. The van der Waals surface area contributed by atoms with Crippen molar-refractivity contribution in [2.45, 2.75) is 38.8 Å². The van der Waals surface area contributed by atoms with E-state index in [1.54, 1.807) is 0 Å². The Hall–Kier alpha value is -1.39. The van der Waals surface area contributed by atoms with Crippen molar-refractivity contribution in [1.82, 2.24) is 14.8 Å². The molecule has 0 spiro atoms. The summed E-state index contributed by atoms with van der Waals surface area (Å²) < 4.78 is 1.83. The van der Waals surface area contributed by atoms with Gasteiger partial charge in [0.15, 0.2) is 0 Å². The average molecular weight is 280 g/mol. The van der Waals surface area contributed by atoms with Crippen molar-refractivity contribution in [3.63, 3.8) is 0 Å². The SMILES string of the molecule is CC(C)n1ncnc1CC(O)Cc1ccccc1Cl. The molecule has 0 aliphatic heterocycles. The second kappa shape index (κ2) is 6.17. The first-order valence-electron chi connectivity index (χ1n) is 6.37. The number of rotatable bonds is 5. The highest BCUT2D eigenvalue weighted by Gasteiger charge is 2.14. The topological polar surface area (TPSA) is 50.9 Å². The molecule has 102 valence electrons. The van der Waals surface area contributed by atoms with Crippen LogP contribution < -0.4 is 0 Å². The van der Waals surface area contributed by atoms with Gasteiger partial charge in [0.1, 0.15) is 12.2 Å². The first-order valence-corrected chi connectivity index (χ1v) is 6.75. The number of halogens is 1. The smallest absolute Gasteiger partial charge is 0.138 e. The molecule has 1 aromatic carbocycles. The summed E-state index contributed by atoms with van der Waals surface area (Å²) in [6.45, 7) is 4.08. The van der Waals surface area contributed by atoms with E-state index in [0.717, 1.165) is 11.4 Å². The van der Waals surface area contributed by atoms with Crippen molar-refractivity contribution >= 4 is 11.6 Å². The van der Waals surface area contributed by atoms with Crippen molar-refractivity contribution in [1.29, 1.82) is 0 Å². The monoisotopic (exact) mass is 279 g/mol. The van der Waals surface area contributed by atoms with E-state index in [-0.39, 0.29) is 6.04 Å². The van der Waals surface area contributed by atoms with Crippen LogP contribution in [0.3, 0.4) is 0 Å². The molecule has 1 unspecified atom stereocenters. The van der Waals surface area contributed by atoms with Gasteiger partial charge in [-0.15, -0.1) is 0 Å². The van der Waals surface area contributed by atoms with Crippen molar-refractivity contribution in [3.05, 3.63) is 47.0 Å². The van der Waals surface area contributed by atoms with E-state index in [9.17, 15) is 5.11 Å². The molecule has 0 bridgehead atoms. The number of nitrogens with zero attached hydrogens (tertiary/aromatic N) is 3. The highest BCUT2D eigenvalue weighted by molar-refractivity contribution is 6.31. The van der Waals surface area contributed by atoms with Crippen LogP contribution in [0.4, 0.5) is 0 Å². The molecule has 0 saturated carbocycles. The Bertz CT molecular complexity index is 539. The molecule has 1 N–H and O–H groups in total. The van der Waals surface area contributed by atoms with Crippen molar-refractivity contribution in [3.8, 4) is 0 Å². The highest BCUT2D eigenvalue weighted by Crippen LogP contribution is 2.18. The van der Waals surface area contributed by atoms with Crippen LogP contribution in [0.5, 0.6) is 0 Å². The van der Waals surface area contributed by atoms with E-state index in [2.05, 4.69) is 10.1 Å². The normalized spacial score (nSPS) is 12.9. The largest absolute Gasteiger partial charge is 0.392 e. The van der Waals surface area contributed by atoms with Crippen LogP contribution in [0.15, 0.2) is 30.6 Å². The van der Waals surface area contributed by atoms with Gasteiger partial charge in [0.2, 0.25) is 0 Å². The molecule has 1 aromatic heterocycles. The zero-order valence-corrected chi connectivity index (χ0v) is 11.9. The second-order valence-corrected chi connectivity index (χ2v) is 5.28. The molecular formula is C14H18ClN3O. The predicted octanol–water partition coefficient (Wildman–Crippen LogP) is 2.66. The third kappa shape index (κ3) is 3.55. The number of benzene rings is 1. The third-order valence-corrected chi connectivity index (χ3v) is 3.34. The maximum absolute atomic E-state index is 10.2. The van der Waals surface area contributed by atoms with Crippen LogP contribution in [0.2, 0.25) is 5.02 Å². The predicted molar refractivity (Wildman–Crippen MR) is 75.3 cm³/mol. The molecule has 0 saturated heterocycles. The first-order chi connectivity index (χ1) is 9.08. The lowest BCUT2D eigenvalue weighted by atomic mass is 10.1. The molecule has 2 rings (SSSR count). The van der Waals surface area contributed by atoms with Gasteiger partial charge in [-0.25, -0.2) is 9.67 Å². The van der Waals surface area contributed by atoms with Crippen LogP contribution >= 0.6 is 11.6 Å². The molecule has 1 atom stereocenters. The van der Waals surface area contributed by atoms with Crippen molar-refractivity contribution in [2.75, 3.05) is 0 Å². The fourth-order valence-electron chi connectivity index (χ4n) is 2.05. The van der Waals surface area contributed by atoms with Crippen LogP contribution in [0.25, 0.3) is 0 Å². The Labute approximate surface area is 118 Å². The molecule has 4 nitrogen and oxygen atoms in total. The van der Waals surface area contributed by atoms with Gasteiger partial charge in [0.25, 0.3) is 0 Å². The van der Waals surface area contributed by atoms with E-state index in [1.165, 1.54) is 6.33 Å². The lowest BCUT2D eigenvalue weighted by molar-refractivity contribution is 0.170. The summed E-state index contributed by atoms with van der Waals surface area (Å²) >= 11 is 6.09. The van der Waals surface area contributed by atoms with Gasteiger partial charge < -0.3 is 5.11 Å². The zero-order valence-electron chi connectivity index (χ0n) is 11.1. The van der Waals surface area contributed by atoms with E-state index in [4.69, 9.17) is 11.6 Å². The Morgan fingerprint density at radius 2 is 2.00 bits per heavy atom. The molecule has 0 aliphatic carbocycles. The summed E-state index contributed by atoms with van der Waals surface area (Å²) in [5.41, 5.74) is 0.951. The lowest BCUT2D eigenvalue weighted by Crippen LogP contribution is -2.19. The maximum Gasteiger partial charge on any atom is 0.138 e. The van der Waals surface area contributed by atoms with E-state index in [1.807, 2.05) is 42.8 Å². The van der Waals surface area contributed by atoms with Crippen LogP contribution in [0.1, 0.15) is 31.3 Å². The lowest BCUT2D eigenvalue weighted by Gasteiger charge is -2.14. The summed E-state index contributed by atoms with van der Waals surface area (Å²) in [7, 11) is 0. The fourth-order valence-corrected chi connectivity index (χ4v) is 2.27. The molecule has 1 heterocycles. The summed E-state index contributed by atoms with van der Waals surface area (Å²) in [4.78, 5) is 4.20. The Morgan fingerprint density at radius 1 is 1.26 bits per heavy atom. The van der Waals surface area contributed by atoms with Crippen LogP contribution in [-0.2, 0) is 12.8 Å². The first kappa shape index (κ1) is 14.0. The minimum Gasteiger partial charge on any atom is -0.392 e. The van der Waals surface area contributed by atoms with Crippen molar-refractivity contribution in [2.24, 2.45) is 0 Å².